The molecule has 6 nitrogen and oxygen atoms in total. The molecule has 3 rings (SSSR count). The molecule has 21 heavy (non-hydrogen) atoms. The quantitative estimate of drug-likeness (QED) is 0.820. The molecule has 1 aromatic rings. The molecule has 1 amide bonds. The SMILES string of the molecule is C[C@H](Oc1ccc2c(c1)OCO2)C(=O)NCC1(CO)CC1. The van der Waals surface area contributed by atoms with E-state index in [1.165, 1.54) is 0 Å². The van der Waals surface area contributed by atoms with Crippen LogP contribution in [0.1, 0.15) is 19.8 Å². The number of amides is 1. The Bertz CT molecular complexity index is 541. The molecule has 2 aliphatic rings. The summed E-state index contributed by atoms with van der Waals surface area (Å²) < 4.78 is 16.1. The van der Waals surface area contributed by atoms with E-state index in [9.17, 15) is 9.90 Å². The maximum Gasteiger partial charge on any atom is 0.260 e. The first-order valence-electron chi connectivity index (χ1n) is 7.07. The van der Waals surface area contributed by atoms with E-state index in [0.717, 1.165) is 12.8 Å². The highest BCUT2D eigenvalue weighted by Gasteiger charge is 2.42. The molecule has 6 heteroatoms. The van der Waals surface area contributed by atoms with Gasteiger partial charge in [0.15, 0.2) is 17.6 Å². The Labute approximate surface area is 123 Å². The van der Waals surface area contributed by atoms with Gasteiger partial charge in [0.25, 0.3) is 5.91 Å². The number of rotatable bonds is 6. The summed E-state index contributed by atoms with van der Waals surface area (Å²) in [5.41, 5.74) is -0.103. The van der Waals surface area contributed by atoms with Gasteiger partial charge in [-0.15, -0.1) is 0 Å². The number of carbonyl (C=O) groups excluding carboxylic acids is 1. The van der Waals surface area contributed by atoms with E-state index in [1.54, 1.807) is 25.1 Å². The van der Waals surface area contributed by atoms with Crippen LogP contribution in [0.5, 0.6) is 17.2 Å². The number of ether oxygens (including phenoxy) is 3. The third-order valence-corrected chi connectivity index (χ3v) is 3.96. The van der Waals surface area contributed by atoms with E-state index in [4.69, 9.17) is 14.2 Å². The fourth-order valence-corrected chi connectivity index (χ4v) is 2.19. The predicted molar refractivity (Wildman–Crippen MR) is 74.4 cm³/mol. The minimum absolute atomic E-state index is 0.103. The van der Waals surface area contributed by atoms with Gasteiger partial charge in [-0.05, 0) is 31.9 Å². The van der Waals surface area contributed by atoms with Gasteiger partial charge in [0.05, 0.1) is 6.61 Å². The molecule has 1 aromatic carbocycles. The number of benzene rings is 1. The number of fused-ring (bicyclic) bond motifs is 1. The zero-order chi connectivity index (χ0) is 14.9. The second kappa shape index (κ2) is 5.44. The number of hydrogen-bond acceptors (Lipinski definition) is 5. The Kier molecular flexibility index (Phi) is 3.63. The van der Waals surface area contributed by atoms with Gasteiger partial charge in [-0.3, -0.25) is 4.79 Å². The molecule has 1 fully saturated rings. The molecular weight excluding hydrogens is 274 g/mol. The Morgan fingerprint density at radius 1 is 1.43 bits per heavy atom. The monoisotopic (exact) mass is 293 g/mol. The number of aliphatic hydroxyl groups is 1. The first-order chi connectivity index (χ1) is 10.1. The number of aliphatic hydroxyl groups excluding tert-OH is 1. The molecule has 0 radical (unpaired) electrons. The van der Waals surface area contributed by atoms with Gasteiger partial charge in [0.2, 0.25) is 6.79 Å². The second-order valence-corrected chi connectivity index (χ2v) is 5.65. The molecule has 1 aliphatic heterocycles. The van der Waals surface area contributed by atoms with Crippen LogP contribution in [-0.2, 0) is 4.79 Å². The first-order valence-corrected chi connectivity index (χ1v) is 7.07. The van der Waals surface area contributed by atoms with Crippen molar-refractivity contribution in [3.63, 3.8) is 0 Å². The maximum absolute atomic E-state index is 12.0. The van der Waals surface area contributed by atoms with E-state index in [0.29, 0.717) is 23.8 Å². The van der Waals surface area contributed by atoms with Crippen molar-refractivity contribution in [1.29, 1.82) is 0 Å². The van der Waals surface area contributed by atoms with Crippen LogP contribution in [0.4, 0.5) is 0 Å². The molecule has 0 saturated heterocycles. The Morgan fingerprint density at radius 2 is 2.19 bits per heavy atom. The number of carbonyl (C=O) groups is 1. The van der Waals surface area contributed by atoms with Crippen LogP contribution in [0.15, 0.2) is 18.2 Å². The smallest absolute Gasteiger partial charge is 0.260 e. The van der Waals surface area contributed by atoms with Gasteiger partial charge in [-0.2, -0.15) is 0 Å². The summed E-state index contributed by atoms with van der Waals surface area (Å²) in [4.78, 5) is 12.0. The van der Waals surface area contributed by atoms with Gasteiger partial charge in [0, 0.05) is 18.0 Å². The van der Waals surface area contributed by atoms with E-state index in [-0.39, 0.29) is 24.7 Å². The minimum Gasteiger partial charge on any atom is -0.481 e. The Morgan fingerprint density at radius 3 is 2.90 bits per heavy atom. The fraction of sp³-hybridized carbons (Fsp3) is 0.533. The van der Waals surface area contributed by atoms with E-state index in [1.807, 2.05) is 0 Å². The van der Waals surface area contributed by atoms with Crippen molar-refractivity contribution in [3.8, 4) is 17.2 Å². The molecule has 1 aliphatic carbocycles. The lowest BCUT2D eigenvalue weighted by molar-refractivity contribution is -0.127. The van der Waals surface area contributed by atoms with Crippen molar-refractivity contribution in [3.05, 3.63) is 18.2 Å². The van der Waals surface area contributed by atoms with Crippen LogP contribution in [0.25, 0.3) is 0 Å². The second-order valence-electron chi connectivity index (χ2n) is 5.65. The lowest BCUT2D eigenvalue weighted by Gasteiger charge is -2.17. The van der Waals surface area contributed by atoms with Crippen LogP contribution in [0.2, 0.25) is 0 Å². The largest absolute Gasteiger partial charge is 0.481 e. The normalized spacial score (nSPS) is 19.0. The van der Waals surface area contributed by atoms with Crippen molar-refractivity contribution in [1.82, 2.24) is 5.32 Å². The van der Waals surface area contributed by atoms with Crippen LogP contribution in [0.3, 0.4) is 0 Å². The molecule has 0 spiro atoms. The van der Waals surface area contributed by atoms with Gasteiger partial charge >= 0.3 is 0 Å². The highest BCUT2D eigenvalue weighted by atomic mass is 16.7. The zero-order valence-electron chi connectivity index (χ0n) is 11.9. The van der Waals surface area contributed by atoms with Gasteiger partial charge in [-0.25, -0.2) is 0 Å². The average Bonchev–Trinajstić information content (AvgIpc) is 3.13. The van der Waals surface area contributed by atoms with Gasteiger partial charge in [0.1, 0.15) is 5.75 Å². The van der Waals surface area contributed by atoms with Crippen LogP contribution in [-0.4, -0.2) is 37.1 Å². The van der Waals surface area contributed by atoms with Crippen molar-refractivity contribution in [2.75, 3.05) is 19.9 Å². The van der Waals surface area contributed by atoms with Crippen molar-refractivity contribution >= 4 is 5.91 Å². The minimum atomic E-state index is -0.611. The number of nitrogens with one attached hydrogen (secondary N) is 1. The molecule has 1 atom stereocenters. The van der Waals surface area contributed by atoms with Crippen LogP contribution >= 0.6 is 0 Å². The molecular formula is C15H19NO5. The van der Waals surface area contributed by atoms with Crippen molar-refractivity contribution < 1.29 is 24.1 Å². The third-order valence-electron chi connectivity index (χ3n) is 3.96. The zero-order valence-corrected chi connectivity index (χ0v) is 11.9. The summed E-state index contributed by atoms with van der Waals surface area (Å²) in [6.45, 7) is 2.51. The summed E-state index contributed by atoms with van der Waals surface area (Å²) in [5, 5.41) is 12.1. The van der Waals surface area contributed by atoms with Gasteiger partial charge < -0.3 is 24.6 Å². The summed E-state index contributed by atoms with van der Waals surface area (Å²) in [6, 6.07) is 5.21. The first kappa shape index (κ1) is 14.0. The summed E-state index contributed by atoms with van der Waals surface area (Å²) in [6.07, 6.45) is 1.31. The van der Waals surface area contributed by atoms with Crippen molar-refractivity contribution in [2.45, 2.75) is 25.9 Å². The Balaban J connectivity index is 1.53. The maximum atomic E-state index is 12.0. The lowest BCUT2D eigenvalue weighted by Crippen LogP contribution is -2.40. The van der Waals surface area contributed by atoms with E-state index >= 15 is 0 Å². The molecule has 1 heterocycles. The molecule has 0 unspecified atom stereocenters. The van der Waals surface area contributed by atoms with E-state index < -0.39 is 6.10 Å². The molecule has 2 N–H and O–H groups in total. The number of hydrogen-bond donors (Lipinski definition) is 2. The van der Waals surface area contributed by atoms with Crippen molar-refractivity contribution in [2.24, 2.45) is 5.41 Å². The van der Waals surface area contributed by atoms with Crippen LogP contribution < -0.4 is 19.5 Å². The fourth-order valence-electron chi connectivity index (χ4n) is 2.19. The summed E-state index contributed by atoms with van der Waals surface area (Å²) in [5.74, 6) is 1.67. The highest BCUT2D eigenvalue weighted by molar-refractivity contribution is 5.80. The van der Waals surface area contributed by atoms with Gasteiger partial charge in [-0.1, -0.05) is 0 Å². The lowest BCUT2D eigenvalue weighted by atomic mass is 10.1. The summed E-state index contributed by atoms with van der Waals surface area (Å²) >= 11 is 0. The Hall–Kier alpha value is -1.95. The molecule has 1 saturated carbocycles. The summed E-state index contributed by atoms with van der Waals surface area (Å²) in [7, 11) is 0. The molecule has 114 valence electrons. The highest BCUT2D eigenvalue weighted by Crippen LogP contribution is 2.44. The molecule has 0 bridgehead atoms. The molecule has 0 aromatic heterocycles. The van der Waals surface area contributed by atoms with Crippen LogP contribution in [0, 0.1) is 5.41 Å². The third kappa shape index (κ3) is 3.05. The standard InChI is InChI=1S/C15H19NO5/c1-10(14(18)16-7-15(8-17)4-5-15)21-11-2-3-12-13(6-11)20-9-19-12/h2-3,6,10,17H,4-5,7-9H2,1H3,(H,16,18)/t10-/m0/s1. The van der Waals surface area contributed by atoms with E-state index in [2.05, 4.69) is 5.32 Å². The average molecular weight is 293 g/mol. The predicted octanol–water partition coefficient (Wildman–Crippen LogP) is 1.07. The topological polar surface area (TPSA) is 77.0 Å².